The molecule has 19 heavy (non-hydrogen) atoms. The standard InChI is InChI=1S/C17H27NO/c1-2-10-18(17(19)14-8-9-14)12-15-11-16(15)13-6-4-3-5-7-13/h3-4,13-16H,2,5-12H2,1H3/t13?,15-,16?/m1/s1. The van der Waals surface area contributed by atoms with Gasteiger partial charge < -0.3 is 4.90 Å². The zero-order valence-electron chi connectivity index (χ0n) is 12.2. The quantitative estimate of drug-likeness (QED) is 0.669. The molecule has 106 valence electrons. The van der Waals surface area contributed by atoms with Crippen LogP contribution in [0.4, 0.5) is 0 Å². The summed E-state index contributed by atoms with van der Waals surface area (Å²) in [5, 5.41) is 0. The van der Waals surface area contributed by atoms with Gasteiger partial charge in [0.2, 0.25) is 5.91 Å². The van der Waals surface area contributed by atoms with Crippen LogP contribution in [-0.4, -0.2) is 23.9 Å². The monoisotopic (exact) mass is 261 g/mol. The van der Waals surface area contributed by atoms with E-state index in [0.29, 0.717) is 11.8 Å². The molecular weight excluding hydrogens is 234 g/mol. The minimum atomic E-state index is 0.390. The fourth-order valence-corrected chi connectivity index (χ4v) is 3.70. The van der Waals surface area contributed by atoms with Gasteiger partial charge in [0.15, 0.2) is 0 Å². The summed E-state index contributed by atoms with van der Waals surface area (Å²) < 4.78 is 0. The van der Waals surface area contributed by atoms with Gasteiger partial charge in [-0.15, -0.1) is 0 Å². The van der Waals surface area contributed by atoms with Crippen molar-refractivity contribution in [1.82, 2.24) is 4.90 Å². The molecule has 3 rings (SSSR count). The van der Waals surface area contributed by atoms with E-state index in [-0.39, 0.29) is 0 Å². The Morgan fingerprint density at radius 1 is 1.26 bits per heavy atom. The van der Waals surface area contributed by atoms with Crippen LogP contribution in [0, 0.1) is 23.7 Å². The van der Waals surface area contributed by atoms with E-state index in [4.69, 9.17) is 0 Å². The van der Waals surface area contributed by atoms with Crippen molar-refractivity contribution >= 4 is 5.91 Å². The predicted octanol–water partition coefficient (Wildman–Crippen LogP) is 3.63. The number of rotatable bonds is 6. The van der Waals surface area contributed by atoms with E-state index in [1.165, 1.54) is 25.7 Å². The maximum absolute atomic E-state index is 12.3. The van der Waals surface area contributed by atoms with Crippen LogP contribution in [0.25, 0.3) is 0 Å². The summed E-state index contributed by atoms with van der Waals surface area (Å²) in [6.45, 7) is 4.21. The van der Waals surface area contributed by atoms with Crippen LogP contribution in [0.1, 0.15) is 51.9 Å². The number of nitrogens with zero attached hydrogens (tertiary/aromatic N) is 1. The van der Waals surface area contributed by atoms with Crippen molar-refractivity contribution < 1.29 is 4.79 Å². The smallest absolute Gasteiger partial charge is 0.225 e. The topological polar surface area (TPSA) is 20.3 Å². The molecule has 2 unspecified atom stereocenters. The van der Waals surface area contributed by atoms with Gasteiger partial charge >= 0.3 is 0 Å². The maximum Gasteiger partial charge on any atom is 0.225 e. The number of allylic oxidation sites excluding steroid dienone is 2. The van der Waals surface area contributed by atoms with Crippen molar-refractivity contribution in [3.8, 4) is 0 Å². The summed E-state index contributed by atoms with van der Waals surface area (Å²) >= 11 is 0. The van der Waals surface area contributed by atoms with E-state index in [1.54, 1.807) is 0 Å². The third-order valence-corrected chi connectivity index (χ3v) is 5.08. The molecule has 0 radical (unpaired) electrons. The normalized spacial score (nSPS) is 33.2. The molecule has 0 saturated heterocycles. The van der Waals surface area contributed by atoms with Crippen molar-refractivity contribution in [3.05, 3.63) is 12.2 Å². The lowest BCUT2D eigenvalue weighted by molar-refractivity contribution is -0.132. The molecule has 0 aromatic rings. The van der Waals surface area contributed by atoms with Crippen LogP contribution in [-0.2, 0) is 4.79 Å². The van der Waals surface area contributed by atoms with Crippen molar-refractivity contribution in [2.24, 2.45) is 23.7 Å². The van der Waals surface area contributed by atoms with Crippen LogP contribution >= 0.6 is 0 Å². The van der Waals surface area contributed by atoms with Crippen LogP contribution in [0.3, 0.4) is 0 Å². The van der Waals surface area contributed by atoms with Gasteiger partial charge in [0.05, 0.1) is 0 Å². The summed E-state index contributed by atoms with van der Waals surface area (Å²) in [7, 11) is 0. The lowest BCUT2D eigenvalue weighted by Gasteiger charge is -2.24. The Bertz CT molecular complexity index is 358. The largest absolute Gasteiger partial charge is 0.342 e. The number of amides is 1. The van der Waals surface area contributed by atoms with Crippen molar-refractivity contribution in [2.45, 2.75) is 51.9 Å². The first-order valence-corrected chi connectivity index (χ1v) is 8.23. The van der Waals surface area contributed by atoms with E-state index >= 15 is 0 Å². The summed E-state index contributed by atoms with van der Waals surface area (Å²) in [5.41, 5.74) is 0. The average molecular weight is 261 g/mol. The molecule has 0 N–H and O–H groups in total. The van der Waals surface area contributed by atoms with Crippen LogP contribution < -0.4 is 0 Å². The highest BCUT2D eigenvalue weighted by atomic mass is 16.2. The lowest BCUT2D eigenvalue weighted by Crippen LogP contribution is -2.35. The number of hydrogen-bond donors (Lipinski definition) is 0. The average Bonchev–Trinajstić information content (AvgIpc) is 3.32. The minimum absolute atomic E-state index is 0.390. The third kappa shape index (κ3) is 3.21. The molecule has 0 aromatic heterocycles. The van der Waals surface area contributed by atoms with Gasteiger partial charge in [0, 0.05) is 19.0 Å². The highest BCUT2D eigenvalue weighted by molar-refractivity contribution is 5.81. The summed E-state index contributed by atoms with van der Waals surface area (Å²) in [6, 6.07) is 0. The molecule has 0 heterocycles. The molecule has 0 bridgehead atoms. The first-order valence-electron chi connectivity index (χ1n) is 8.23. The molecule has 3 atom stereocenters. The molecule has 2 heteroatoms. The van der Waals surface area contributed by atoms with E-state index < -0.39 is 0 Å². The molecular formula is C17H27NO. The van der Waals surface area contributed by atoms with Crippen molar-refractivity contribution in [3.63, 3.8) is 0 Å². The Labute approximate surface area is 117 Å². The predicted molar refractivity (Wildman–Crippen MR) is 77.7 cm³/mol. The second-order valence-corrected chi connectivity index (χ2v) is 6.76. The zero-order valence-corrected chi connectivity index (χ0v) is 12.2. The molecule has 2 fully saturated rings. The molecule has 2 nitrogen and oxygen atoms in total. The van der Waals surface area contributed by atoms with Crippen molar-refractivity contribution in [1.29, 1.82) is 0 Å². The first-order chi connectivity index (χ1) is 9.29. The van der Waals surface area contributed by atoms with Gasteiger partial charge in [-0.1, -0.05) is 19.1 Å². The molecule has 3 aliphatic carbocycles. The maximum atomic E-state index is 12.3. The fourth-order valence-electron chi connectivity index (χ4n) is 3.70. The molecule has 0 spiro atoms. The second kappa shape index (κ2) is 5.68. The Morgan fingerprint density at radius 3 is 2.74 bits per heavy atom. The van der Waals surface area contributed by atoms with E-state index in [1.807, 2.05) is 0 Å². The zero-order chi connectivity index (χ0) is 13.2. The van der Waals surface area contributed by atoms with Gasteiger partial charge in [0.1, 0.15) is 0 Å². The highest BCUT2D eigenvalue weighted by Gasteiger charge is 2.44. The van der Waals surface area contributed by atoms with Gasteiger partial charge in [-0.2, -0.15) is 0 Å². The number of carbonyl (C=O) groups excluding carboxylic acids is 1. The van der Waals surface area contributed by atoms with E-state index in [9.17, 15) is 4.79 Å². The third-order valence-electron chi connectivity index (χ3n) is 5.08. The van der Waals surface area contributed by atoms with Gasteiger partial charge in [-0.3, -0.25) is 4.79 Å². The van der Waals surface area contributed by atoms with Crippen molar-refractivity contribution in [2.75, 3.05) is 13.1 Å². The Morgan fingerprint density at radius 2 is 2.11 bits per heavy atom. The molecule has 0 aliphatic heterocycles. The van der Waals surface area contributed by atoms with Crippen LogP contribution in [0.5, 0.6) is 0 Å². The summed E-state index contributed by atoms with van der Waals surface area (Å²) in [5.74, 6) is 3.48. The van der Waals surface area contributed by atoms with Gasteiger partial charge in [0.25, 0.3) is 0 Å². The minimum Gasteiger partial charge on any atom is -0.342 e. The Kier molecular flexibility index (Phi) is 3.95. The second-order valence-electron chi connectivity index (χ2n) is 6.76. The lowest BCUT2D eigenvalue weighted by atomic mass is 9.89. The van der Waals surface area contributed by atoms with E-state index in [0.717, 1.165) is 50.1 Å². The first kappa shape index (κ1) is 13.2. The van der Waals surface area contributed by atoms with E-state index in [2.05, 4.69) is 24.0 Å². The fraction of sp³-hybridized carbons (Fsp3) is 0.824. The molecule has 0 aromatic carbocycles. The molecule has 2 saturated carbocycles. The number of hydrogen-bond acceptors (Lipinski definition) is 1. The van der Waals surface area contributed by atoms with Gasteiger partial charge in [-0.05, 0) is 62.7 Å². The Hall–Kier alpha value is -0.790. The van der Waals surface area contributed by atoms with Gasteiger partial charge in [-0.25, -0.2) is 0 Å². The number of carbonyl (C=O) groups is 1. The summed E-state index contributed by atoms with van der Waals surface area (Å²) in [4.78, 5) is 14.4. The van der Waals surface area contributed by atoms with Crippen LogP contribution in [0.2, 0.25) is 0 Å². The summed E-state index contributed by atoms with van der Waals surface area (Å²) in [6.07, 6.45) is 13.4. The SMILES string of the molecule is CCCN(C[C@H]1CC1C1CC=CCC1)C(=O)C1CC1. The highest BCUT2D eigenvalue weighted by Crippen LogP contribution is 2.49. The molecule has 1 amide bonds. The van der Waals surface area contributed by atoms with Crippen LogP contribution in [0.15, 0.2) is 12.2 Å². The molecule has 3 aliphatic rings. The Balaban J connectivity index is 1.49.